The summed E-state index contributed by atoms with van der Waals surface area (Å²) < 4.78 is 0. The van der Waals surface area contributed by atoms with Crippen molar-refractivity contribution in [2.45, 2.75) is 25.8 Å². The quantitative estimate of drug-likeness (QED) is 0.389. The van der Waals surface area contributed by atoms with E-state index < -0.39 is 0 Å². The average Bonchev–Trinajstić information content (AvgIpc) is 3.00. The number of nitrogens with zero attached hydrogens (tertiary/aromatic N) is 2. The highest BCUT2D eigenvalue weighted by atomic mass is 32.2. The Morgan fingerprint density at radius 1 is 1.36 bits per heavy atom. The number of nitrogens with one attached hydrogen (secondary N) is 2. The Morgan fingerprint density at radius 3 is 2.77 bits per heavy atom. The van der Waals surface area contributed by atoms with Crippen molar-refractivity contribution in [1.82, 2.24) is 15.5 Å². The molecule has 0 aliphatic carbocycles. The summed E-state index contributed by atoms with van der Waals surface area (Å²) in [6.45, 7) is 4.75. The van der Waals surface area contributed by atoms with Crippen LogP contribution in [-0.4, -0.2) is 56.6 Å². The fourth-order valence-electron chi connectivity index (χ4n) is 2.09. The molecule has 22 heavy (non-hydrogen) atoms. The zero-order chi connectivity index (χ0) is 16.2. The highest BCUT2D eigenvalue weighted by Crippen LogP contribution is 2.23. The minimum atomic E-state index is 0.340. The number of rotatable bonds is 10. The Kier molecular flexibility index (Phi) is 10.4. The second-order valence-electron chi connectivity index (χ2n) is 5.34. The summed E-state index contributed by atoms with van der Waals surface area (Å²) in [5, 5.41) is 8.90. The van der Waals surface area contributed by atoms with E-state index >= 15 is 0 Å². The van der Waals surface area contributed by atoms with Gasteiger partial charge in [0.05, 0.1) is 12.6 Å². The van der Waals surface area contributed by atoms with E-state index in [2.05, 4.69) is 60.3 Å². The molecule has 126 valence electrons. The van der Waals surface area contributed by atoms with Crippen molar-refractivity contribution in [3.8, 4) is 0 Å². The molecule has 0 amide bonds. The number of thiophene rings is 1. The maximum Gasteiger partial charge on any atom is 0.191 e. The van der Waals surface area contributed by atoms with Crippen LogP contribution in [0.25, 0.3) is 0 Å². The Labute approximate surface area is 143 Å². The lowest BCUT2D eigenvalue weighted by atomic mass is 10.2. The average molecular weight is 343 g/mol. The van der Waals surface area contributed by atoms with Gasteiger partial charge in [-0.15, -0.1) is 11.3 Å². The zero-order valence-corrected chi connectivity index (χ0v) is 15.9. The number of likely N-dealkylation sites (N-methyl/N-ethyl adjacent to an activating group) is 1. The summed E-state index contributed by atoms with van der Waals surface area (Å²) >= 11 is 3.71. The van der Waals surface area contributed by atoms with Crippen LogP contribution in [-0.2, 0) is 0 Å². The van der Waals surface area contributed by atoms with E-state index in [1.54, 1.807) is 11.3 Å². The van der Waals surface area contributed by atoms with Gasteiger partial charge in [0.2, 0.25) is 0 Å². The summed E-state index contributed by atoms with van der Waals surface area (Å²) in [5.74, 6) is 2.16. The predicted octanol–water partition coefficient (Wildman–Crippen LogP) is 3.05. The summed E-state index contributed by atoms with van der Waals surface area (Å²) in [6, 6.07) is 4.63. The first-order chi connectivity index (χ1) is 10.7. The van der Waals surface area contributed by atoms with Gasteiger partial charge in [-0.3, -0.25) is 4.99 Å². The normalized spacial score (nSPS) is 13.4. The molecule has 1 heterocycles. The summed E-state index contributed by atoms with van der Waals surface area (Å²) in [4.78, 5) is 8.36. The second-order valence-corrected chi connectivity index (χ2v) is 7.31. The van der Waals surface area contributed by atoms with Crippen LogP contribution in [0, 0.1) is 0 Å². The predicted molar refractivity (Wildman–Crippen MR) is 102 cm³/mol. The summed E-state index contributed by atoms with van der Waals surface area (Å²) in [7, 11) is 4.23. The van der Waals surface area contributed by atoms with E-state index in [4.69, 9.17) is 4.99 Å². The van der Waals surface area contributed by atoms with E-state index in [0.717, 1.165) is 25.6 Å². The molecule has 0 aromatic carbocycles. The first-order valence-electron chi connectivity index (χ1n) is 7.90. The highest BCUT2D eigenvalue weighted by Gasteiger charge is 2.14. The molecule has 1 rings (SSSR count). The van der Waals surface area contributed by atoms with Crippen LogP contribution in [0.2, 0.25) is 0 Å². The van der Waals surface area contributed by atoms with E-state index in [9.17, 15) is 0 Å². The molecule has 0 fully saturated rings. The van der Waals surface area contributed by atoms with Gasteiger partial charge >= 0.3 is 0 Å². The maximum atomic E-state index is 4.76. The third-order valence-corrected chi connectivity index (χ3v) is 5.00. The molecule has 0 aliphatic rings. The molecule has 0 spiro atoms. The van der Waals surface area contributed by atoms with Gasteiger partial charge in [-0.25, -0.2) is 0 Å². The van der Waals surface area contributed by atoms with E-state index in [-0.39, 0.29) is 0 Å². The number of hydrogen-bond donors (Lipinski definition) is 2. The molecule has 0 aliphatic heterocycles. The third-order valence-electron chi connectivity index (χ3n) is 3.33. The SMILES string of the molecule is CCNC(=NCC(c1cccs1)N(C)C)NCCCCSC. The Morgan fingerprint density at radius 2 is 2.18 bits per heavy atom. The number of unbranched alkanes of at least 4 members (excludes halogenated alkanes) is 1. The molecular formula is C16H30N4S2. The molecule has 2 N–H and O–H groups in total. The van der Waals surface area contributed by atoms with Gasteiger partial charge in [-0.1, -0.05) is 6.07 Å². The molecule has 0 bridgehead atoms. The maximum absolute atomic E-state index is 4.76. The van der Waals surface area contributed by atoms with Crippen molar-refractivity contribution in [2.24, 2.45) is 4.99 Å². The molecule has 1 unspecified atom stereocenters. The van der Waals surface area contributed by atoms with Crippen molar-refractivity contribution in [3.63, 3.8) is 0 Å². The molecule has 1 atom stereocenters. The molecule has 1 aromatic heterocycles. The van der Waals surface area contributed by atoms with Gasteiger partial charge in [-0.05, 0) is 57.3 Å². The number of hydrogen-bond acceptors (Lipinski definition) is 4. The van der Waals surface area contributed by atoms with Crippen LogP contribution in [0.4, 0.5) is 0 Å². The lowest BCUT2D eigenvalue weighted by molar-refractivity contribution is 0.310. The van der Waals surface area contributed by atoms with Gasteiger partial charge in [-0.2, -0.15) is 11.8 Å². The van der Waals surface area contributed by atoms with Crippen LogP contribution in [0.1, 0.15) is 30.7 Å². The van der Waals surface area contributed by atoms with Crippen LogP contribution in [0.3, 0.4) is 0 Å². The van der Waals surface area contributed by atoms with Crippen LogP contribution < -0.4 is 10.6 Å². The van der Waals surface area contributed by atoms with Crippen molar-refractivity contribution in [3.05, 3.63) is 22.4 Å². The number of aliphatic imine (C=N–C) groups is 1. The standard InChI is InChI=1S/C16H30N4S2/c1-5-17-16(18-10-6-7-11-21-4)19-13-14(20(2)3)15-9-8-12-22-15/h8-9,12,14H,5-7,10-11,13H2,1-4H3,(H2,17,18,19). The molecule has 0 saturated carbocycles. The monoisotopic (exact) mass is 342 g/mol. The van der Waals surface area contributed by atoms with Gasteiger partial charge in [0.25, 0.3) is 0 Å². The van der Waals surface area contributed by atoms with Gasteiger partial charge in [0.15, 0.2) is 5.96 Å². The molecule has 0 saturated heterocycles. The largest absolute Gasteiger partial charge is 0.357 e. The van der Waals surface area contributed by atoms with E-state index in [1.165, 1.54) is 23.5 Å². The van der Waals surface area contributed by atoms with Crippen molar-refractivity contribution < 1.29 is 0 Å². The first-order valence-corrected chi connectivity index (χ1v) is 10.2. The minimum absolute atomic E-state index is 0.340. The summed E-state index contributed by atoms with van der Waals surface area (Å²) in [5.41, 5.74) is 0. The topological polar surface area (TPSA) is 39.7 Å². The fraction of sp³-hybridized carbons (Fsp3) is 0.688. The molecule has 0 radical (unpaired) electrons. The molecule has 4 nitrogen and oxygen atoms in total. The molecule has 1 aromatic rings. The van der Waals surface area contributed by atoms with E-state index in [0.29, 0.717) is 6.04 Å². The highest BCUT2D eigenvalue weighted by molar-refractivity contribution is 7.98. The van der Waals surface area contributed by atoms with E-state index in [1.807, 2.05) is 11.8 Å². The summed E-state index contributed by atoms with van der Waals surface area (Å²) in [6.07, 6.45) is 4.60. The zero-order valence-electron chi connectivity index (χ0n) is 14.3. The fourth-order valence-corrected chi connectivity index (χ4v) is 3.49. The van der Waals surface area contributed by atoms with Crippen molar-refractivity contribution in [1.29, 1.82) is 0 Å². The van der Waals surface area contributed by atoms with Gasteiger partial charge in [0, 0.05) is 18.0 Å². The Bertz CT molecular complexity index is 404. The minimum Gasteiger partial charge on any atom is -0.357 e. The first kappa shape index (κ1) is 19.3. The number of guanidine groups is 1. The van der Waals surface area contributed by atoms with Crippen LogP contribution in [0.5, 0.6) is 0 Å². The van der Waals surface area contributed by atoms with Crippen molar-refractivity contribution in [2.75, 3.05) is 45.7 Å². The lowest BCUT2D eigenvalue weighted by Crippen LogP contribution is -2.38. The van der Waals surface area contributed by atoms with Crippen LogP contribution in [0.15, 0.2) is 22.5 Å². The third kappa shape index (κ3) is 7.51. The Balaban J connectivity index is 2.51. The van der Waals surface area contributed by atoms with Gasteiger partial charge < -0.3 is 15.5 Å². The van der Waals surface area contributed by atoms with Gasteiger partial charge in [0.1, 0.15) is 0 Å². The smallest absolute Gasteiger partial charge is 0.191 e. The van der Waals surface area contributed by atoms with Crippen LogP contribution >= 0.6 is 23.1 Å². The molecular weight excluding hydrogens is 312 g/mol. The Hall–Kier alpha value is -0.720. The second kappa shape index (κ2) is 11.8. The van der Waals surface area contributed by atoms with Crippen molar-refractivity contribution >= 4 is 29.1 Å². The lowest BCUT2D eigenvalue weighted by Gasteiger charge is -2.22. The number of thioether (sulfide) groups is 1. The molecule has 6 heteroatoms.